The summed E-state index contributed by atoms with van der Waals surface area (Å²) >= 11 is 32.6. The van der Waals surface area contributed by atoms with Crippen molar-refractivity contribution in [2.75, 3.05) is 5.75 Å². The van der Waals surface area contributed by atoms with Gasteiger partial charge >= 0.3 is 0 Å². The van der Waals surface area contributed by atoms with Gasteiger partial charge in [-0.2, -0.15) is 88.4 Å². The third kappa shape index (κ3) is 7.03. The first kappa shape index (κ1) is 24.5. The summed E-state index contributed by atoms with van der Waals surface area (Å²) < 4.78 is 0. The van der Waals surface area contributed by atoms with Crippen molar-refractivity contribution < 1.29 is 0 Å². The van der Waals surface area contributed by atoms with Gasteiger partial charge in [-0.3, -0.25) is 0 Å². The predicted octanol–water partition coefficient (Wildman–Crippen LogP) is 3.81. The summed E-state index contributed by atoms with van der Waals surface area (Å²) in [6, 6.07) is 0. The monoisotopic (exact) mass is 434 g/mol. The standard InChI is InChI=1S/C14H31BS7/c1-4-8(15)6(2)10(18)7(3)11(19)13(21)14(22)12(20)9(17)5-16/h6-14,16-22H,4-5,15H2,1-3H3. The van der Waals surface area contributed by atoms with Crippen molar-refractivity contribution >= 4 is 96.2 Å². The molecule has 22 heavy (non-hydrogen) atoms. The molecule has 0 nitrogen and oxygen atoms in total. The fraction of sp³-hybridized carbons (Fsp3) is 1.00. The molecule has 8 heteroatoms. The molecular weight excluding hydrogens is 403 g/mol. The molecule has 0 bridgehead atoms. The second-order valence-corrected chi connectivity index (χ2v) is 10.3. The zero-order valence-electron chi connectivity index (χ0n) is 13.7. The average Bonchev–Trinajstić information content (AvgIpc) is 2.55. The fourth-order valence-corrected chi connectivity index (χ4v) is 5.55. The maximum absolute atomic E-state index is 4.87. The SMILES string of the molecule is BC(CC)C(C)C(S)C(C)C(S)C(S)C(S)C(S)C(S)CS. The Balaban J connectivity index is 4.82. The van der Waals surface area contributed by atoms with Crippen LogP contribution in [-0.4, -0.2) is 45.1 Å². The Labute approximate surface area is 177 Å². The molecule has 0 aromatic carbocycles. The highest BCUT2D eigenvalue weighted by atomic mass is 32.1. The van der Waals surface area contributed by atoms with Crippen LogP contribution in [-0.2, 0) is 0 Å². The van der Waals surface area contributed by atoms with E-state index in [1.807, 2.05) is 0 Å². The van der Waals surface area contributed by atoms with Crippen molar-refractivity contribution in [3.05, 3.63) is 0 Å². The van der Waals surface area contributed by atoms with Gasteiger partial charge in [0.1, 0.15) is 7.85 Å². The molecule has 0 radical (unpaired) electrons. The van der Waals surface area contributed by atoms with Gasteiger partial charge < -0.3 is 0 Å². The van der Waals surface area contributed by atoms with Crippen molar-refractivity contribution in [1.82, 2.24) is 0 Å². The highest BCUT2D eigenvalue weighted by molar-refractivity contribution is 7.90. The van der Waals surface area contributed by atoms with E-state index >= 15 is 0 Å². The van der Waals surface area contributed by atoms with Crippen LogP contribution < -0.4 is 0 Å². The van der Waals surface area contributed by atoms with Crippen molar-refractivity contribution in [2.24, 2.45) is 11.8 Å². The van der Waals surface area contributed by atoms with Gasteiger partial charge in [0.05, 0.1) is 0 Å². The maximum Gasteiger partial charge on any atom is 0.105 e. The van der Waals surface area contributed by atoms with Gasteiger partial charge in [0, 0.05) is 37.3 Å². The lowest BCUT2D eigenvalue weighted by Crippen LogP contribution is -2.43. The summed E-state index contributed by atoms with van der Waals surface area (Å²) in [6.07, 6.45) is 1.17. The van der Waals surface area contributed by atoms with E-state index in [2.05, 4.69) is 66.5 Å². The van der Waals surface area contributed by atoms with Gasteiger partial charge in [-0.25, -0.2) is 0 Å². The minimum Gasteiger partial charge on any atom is -0.178 e. The molecule has 0 saturated heterocycles. The average molecular weight is 435 g/mol. The van der Waals surface area contributed by atoms with Gasteiger partial charge in [-0.15, -0.1) is 0 Å². The van der Waals surface area contributed by atoms with Crippen molar-refractivity contribution in [3.63, 3.8) is 0 Å². The summed E-state index contributed by atoms with van der Waals surface area (Å²) in [6.45, 7) is 6.72. The van der Waals surface area contributed by atoms with E-state index in [4.69, 9.17) is 50.5 Å². The van der Waals surface area contributed by atoms with Gasteiger partial charge in [-0.05, 0) is 11.8 Å². The van der Waals surface area contributed by atoms with E-state index < -0.39 is 0 Å². The number of rotatable bonds is 10. The Morgan fingerprint density at radius 3 is 1.59 bits per heavy atom. The molecule has 0 aliphatic heterocycles. The van der Waals surface area contributed by atoms with E-state index in [0.29, 0.717) is 28.7 Å². The minimum atomic E-state index is 0.00528. The van der Waals surface area contributed by atoms with E-state index in [-0.39, 0.29) is 26.2 Å². The molecule has 0 N–H and O–H groups in total. The molecule has 0 fully saturated rings. The molecule has 9 atom stereocenters. The van der Waals surface area contributed by atoms with Crippen molar-refractivity contribution in [3.8, 4) is 0 Å². The van der Waals surface area contributed by atoms with Gasteiger partial charge in [0.2, 0.25) is 0 Å². The Hall–Kier alpha value is 2.51. The van der Waals surface area contributed by atoms with E-state index in [1.54, 1.807) is 0 Å². The number of hydrogen-bond acceptors (Lipinski definition) is 7. The zero-order chi connectivity index (χ0) is 17.6. The van der Waals surface area contributed by atoms with Crippen LogP contribution in [0.5, 0.6) is 0 Å². The van der Waals surface area contributed by atoms with E-state index in [1.165, 1.54) is 6.42 Å². The molecule has 9 unspecified atom stereocenters. The first-order valence-electron chi connectivity index (χ1n) is 7.79. The normalized spacial score (nSPS) is 24.6. The fourth-order valence-electron chi connectivity index (χ4n) is 2.44. The molecule has 0 heterocycles. The molecule has 0 amide bonds. The van der Waals surface area contributed by atoms with Gasteiger partial charge in [-0.1, -0.05) is 33.0 Å². The zero-order valence-corrected chi connectivity index (χ0v) is 20.0. The second-order valence-electron chi connectivity index (χ2n) is 6.31. The molecule has 0 aromatic heterocycles. The summed E-state index contributed by atoms with van der Waals surface area (Å²) in [5.74, 6) is 2.20. The topological polar surface area (TPSA) is 0 Å². The molecule has 0 spiro atoms. The van der Waals surface area contributed by atoms with E-state index in [0.717, 1.165) is 0 Å². The molecular formula is C14H31BS7. The minimum absolute atomic E-state index is 0.00528. The van der Waals surface area contributed by atoms with Crippen molar-refractivity contribution in [1.29, 1.82) is 0 Å². The first-order chi connectivity index (χ1) is 10.1. The summed E-state index contributed by atoms with van der Waals surface area (Å²) in [4.78, 5) is 0. The first-order valence-corrected chi connectivity index (χ1v) is 11.5. The van der Waals surface area contributed by atoms with E-state index in [9.17, 15) is 0 Å². The van der Waals surface area contributed by atoms with Crippen LogP contribution in [0.1, 0.15) is 27.2 Å². The molecule has 0 rings (SSSR count). The van der Waals surface area contributed by atoms with Gasteiger partial charge in [0.15, 0.2) is 0 Å². The largest absolute Gasteiger partial charge is 0.178 e. The van der Waals surface area contributed by atoms with Crippen LogP contribution in [0.25, 0.3) is 0 Å². The highest BCUT2D eigenvalue weighted by Crippen LogP contribution is 2.36. The Kier molecular flexibility index (Phi) is 13.4. The summed E-state index contributed by atoms with van der Waals surface area (Å²) in [5.41, 5.74) is 0. The lowest BCUT2D eigenvalue weighted by Gasteiger charge is -2.37. The third-order valence-corrected chi connectivity index (χ3v) is 10.6. The molecule has 132 valence electrons. The Bertz CT molecular complexity index is 279. The maximum atomic E-state index is 4.87. The van der Waals surface area contributed by atoms with Crippen LogP contribution in [0, 0.1) is 11.8 Å². The Morgan fingerprint density at radius 1 is 0.727 bits per heavy atom. The van der Waals surface area contributed by atoms with Crippen LogP contribution in [0.4, 0.5) is 0 Å². The van der Waals surface area contributed by atoms with Gasteiger partial charge in [0.25, 0.3) is 0 Å². The molecule has 0 aliphatic rings. The van der Waals surface area contributed by atoms with Crippen LogP contribution in [0.2, 0.25) is 5.82 Å². The molecule has 0 aromatic rings. The summed E-state index contributed by atoms with van der Waals surface area (Å²) in [7, 11) is 2.29. The highest BCUT2D eigenvalue weighted by Gasteiger charge is 2.36. The molecule has 0 aliphatic carbocycles. The lowest BCUT2D eigenvalue weighted by molar-refractivity contribution is 0.396. The number of thiol groups is 7. The second kappa shape index (κ2) is 12.0. The third-order valence-electron chi connectivity index (χ3n) is 4.79. The van der Waals surface area contributed by atoms with Crippen LogP contribution in [0.15, 0.2) is 0 Å². The predicted molar refractivity (Wildman–Crippen MR) is 131 cm³/mol. The van der Waals surface area contributed by atoms with Crippen molar-refractivity contribution in [2.45, 2.75) is 64.5 Å². The lowest BCUT2D eigenvalue weighted by atomic mass is 9.71. The van der Waals surface area contributed by atoms with Crippen LogP contribution in [0.3, 0.4) is 0 Å². The smallest absolute Gasteiger partial charge is 0.105 e. The number of hydrogen-bond donors (Lipinski definition) is 7. The van der Waals surface area contributed by atoms with Crippen LogP contribution >= 0.6 is 88.4 Å². The Morgan fingerprint density at radius 2 is 1.18 bits per heavy atom. The summed E-state index contributed by atoms with van der Waals surface area (Å²) in [5, 5.41) is 0.546. The molecule has 0 saturated carbocycles. The quantitative estimate of drug-likeness (QED) is 0.197.